The lowest BCUT2D eigenvalue weighted by molar-refractivity contribution is -0.133. The molecule has 6 nitrogen and oxygen atoms in total. The highest BCUT2D eigenvalue weighted by Gasteiger charge is 2.21. The van der Waals surface area contributed by atoms with Crippen molar-refractivity contribution in [2.24, 2.45) is 0 Å². The number of benzene rings is 1. The maximum absolute atomic E-state index is 10.6. The van der Waals surface area contributed by atoms with Crippen molar-refractivity contribution >= 4 is 28.6 Å². The third-order valence-corrected chi connectivity index (χ3v) is 5.15. The van der Waals surface area contributed by atoms with Crippen LogP contribution < -0.4 is 0 Å². The topological polar surface area (TPSA) is 81.1 Å². The molecule has 4 rings (SSSR count). The molecule has 0 saturated carbocycles. The van der Waals surface area contributed by atoms with Gasteiger partial charge in [-0.2, -0.15) is 0 Å². The van der Waals surface area contributed by atoms with Gasteiger partial charge in [-0.1, -0.05) is 30.0 Å². The normalized spacial score (nSPS) is 14.0. The van der Waals surface area contributed by atoms with E-state index in [1.54, 1.807) is 0 Å². The van der Waals surface area contributed by atoms with E-state index >= 15 is 0 Å². The van der Waals surface area contributed by atoms with Crippen LogP contribution in [0.1, 0.15) is 30.0 Å². The summed E-state index contributed by atoms with van der Waals surface area (Å²) in [6.45, 7) is 0.524. The summed E-state index contributed by atoms with van der Waals surface area (Å²) in [5.41, 5.74) is 4.00. The fourth-order valence-electron chi connectivity index (χ4n) is 3.39. The Hall–Kier alpha value is -2.28. The third kappa shape index (κ3) is 2.80. The van der Waals surface area contributed by atoms with E-state index in [0.717, 1.165) is 24.6 Å². The Labute approximate surface area is 142 Å². The first-order valence-electron chi connectivity index (χ1n) is 7.98. The monoisotopic (exact) mass is 343 g/mol. The standard InChI is InChI=1S/C17H17N3O3S/c21-16(22)10-24-17-19-18-15(23-17)9-20-13-7-3-1-5-11(13)12-6-2-4-8-14(12)20/h1,3,5,7H,2,4,6,8-10H2,(H,21,22). The van der Waals surface area contributed by atoms with Gasteiger partial charge in [0.25, 0.3) is 5.22 Å². The molecular formula is C17H17N3O3S. The molecule has 0 radical (unpaired) electrons. The SMILES string of the molecule is O=C(O)CSc1nnc(Cn2c3c(c4ccccc42)CCCC3)o1. The molecule has 1 aliphatic carbocycles. The van der Waals surface area contributed by atoms with Crippen LogP contribution >= 0.6 is 11.8 Å². The minimum atomic E-state index is -0.898. The van der Waals surface area contributed by atoms with Crippen LogP contribution in [0.2, 0.25) is 0 Å². The average molecular weight is 343 g/mol. The van der Waals surface area contributed by atoms with Crippen LogP contribution in [0, 0.1) is 0 Å². The Balaban J connectivity index is 1.66. The molecule has 1 aliphatic rings. The number of carboxylic acid groups (broad SMARTS) is 1. The lowest BCUT2D eigenvalue weighted by Gasteiger charge is -2.14. The largest absolute Gasteiger partial charge is 0.481 e. The maximum Gasteiger partial charge on any atom is 0.314 e. The molecule has 7 heteroatoms. The minimum Gasteiger partial charge on any atom is -0.481 e. The zero-order valence-corrected chi connectivity index (χ0v) is 13.9. The van der Waals surface area contributed by atoms with Gasteiger partial charge in [0, 0.05) is 16.6 Å². The number of fused-ring (bicyclic) bond motifs is 3. The van der Waals surface area contributed by atoms with Crippen molar-refractivity contribution in [1.29, 1.82) is 0 Å². The van der Waals surface area contributed by atoms with E-state index in [9.17, 15) is 4.79 Å². The molecule has 0 fully saturated rings. The molecule has 2 aromatic heterocycles. The summed E-state index contributed by atoms with van der Waals surface area (Å²) in [7, 11) is 0. The third-order valence-electron chi connectivity index (χ3n) is 4.35. The maximum atomic E-state index is 10.6. The number of aliphatic carboxylic acids is 1. The quantitative estimate of drug-likeness (QED) is 0.717. The number of hydrogen-bond acceptors (Lipinski definition) is 5. The highest BCUT2D eigenvalue weighted by atomic mass is 32.2. The molecule has 0 saturated heterocycles. The second-order valence-electron chi connectivity index (χ2n) is 5.88. The molecule has 1 N–H and O–H groups in total. The fourth-order valence-corrected chi connectivity index (χ4v) is 3.89. The summed E-state index contributed by atoms with van der Waals surface area (Å²) < 4.78 is 7.87. The molecule has 0 unspecified atom stereocenters. The summed E-state index contributed by atoms with van der Waals surface area (Å²) in [5, 5.41) is 18.3. The number of carbonyl (C=O) groups is 1. The smallest absolute Gasteiger partial charge is 0.314 e. The summed E-state index contributed by atoms with van der Waals surface area (Å²) in [6.07, 6.45) is 4.62. The van der Waals surface area contributed by atoms with Crippen LogP contribution in [-0.4, -0.2) is 31.6 Å². The number of rotatable bonds is 5. The van der Waals surface area contributed by atoms with E-state index in [-0.39, 0.29) is 5.75 Å². The van der Waals surface area contributed by atoms with Gasteiger partial charge in [-0.3, -0.25) is 4.79 Å². The first-order valence-corrected chi connectivity index (χ1v) is 8.97. The number of aromatic nitrogens is 3. The highest BCUT2D eigenvalue weighted by molar-refractivity contribution is 7.99. The van der Waals surface area contributed by atoms with Crippen LogP contribution in [0.5, 0.6) is 0 Å². The highest BCUT2D eigenvalue weighted by Crippen LogP contribution is 2.32. The van der Waals surface area contributed by atoms with Crippen LogP contribution in [0.15, 0.2) is 33.9 Å². The molecule has 2 heterocycles. The van der Waals surface area contributed by atoms with Gasteiger partial charge in [0.05, 0.1) is 0 Å². The first kappa shape index (κ1) is 15.3. The van der Waals surface area contributed by atoms with Crippen molar-refractivity contribution in [2.75, 3.05) is 5.75 Å². The zero-order chi connectivity index (χ0) is 16.5. The van der Waals surface area contributed by atoms with Gasteiger partial charge in [-0.25, -0.2) is 0 Å². The fraction of sp³-hybridized carbons (Fsp3) is 0.353. The van der Waals surface area contributed by atoms with Crippen LogP contribution in [0.3, 0.4) is 0 Å². The van der Waals surface area contributed by atoms with Gasteiger partial charge in [-0.15, -0.1) is 10.2 Å². The lowest BCUT2D eigenvalue weighted by atomic mass is 9.96. The predicted octanol–water partition coefficient (Wildman–Crippen LogP) is 3.13. The molecule has 1 aromatic carbocycles. The van der Waals surface area contributed by atoms with Gasteiger partial charge in [-0.05, 0) is 37.3 Å². The van der Waals surface area contributed by atoms with E-state index < -0.39 is 5.97 Å². The minimum absolute atomic E-state index is 0.0799. The van der Waals surface area contributed by atoms with Gasteiger partial charge in [0.15, 0.2) is 0 Å². The predicted molar refractivity (Wildman–Crippen MR) is 90.3 cm³/mol. The Morgan fingerprint density at radius 1 is 1.25 bits per heavy atom. The molecular weight excluding hydrogens is 326 g/mol. The second kappa shape index (κ2) is 6.32. The molecule has 3 aromatic rings. The summed E-state index contributed by atoms with van der Waals surface area (Å²) in [4.78, 5) is 10.6. The Bertz CT molecular complexity index is 900. The summed E-state index contributed by atoms with van der Waals surface area (Å²) in [6, 6.07) is 8.43. The van der Waals surface area contributed by atoms with E-state index in [1.807, 2.05) is 6.07 Å². The second-order valence-corrected chi connectivity index (χ2v) is 6.81. The van der Waals surface area contributed by atoms with Gasteiger partial charge in [0.1, 0.15) is 12.3 Å². The first-order chi connectivity index (χ1) is 11.7. The van der Waals surface area contributed by atoms with Crippen LogP contribution in [0.25, 0.3) is 10.9 Å². The molecule has 0 amide bonds. The zero-order valence-electron chi connectivity index (χ0n) is 13.1. The van der Waals surface area contributed by atoms with Crippen molar-refractivity contribution in [3.8, 4) is 0 Å². The molecule has 0 atom stereocenters. The average Bonchev–Trinajstić information content (AvgIpc) is 3.17. The Morgan fingerprint density at radius 2 is 2.08 bits per heavy atom. The number of carboxylic acids is 1. The van der Waals surface area contributed by atoms with Crippen molar-refractivity contribution in [3.63, 3.8) is 0 Å². The molecule has 0 bridgehead atoms. The number of hydrogen-bond donors (Lipinski definition) is 1. The van der Waals surface area contributed by atoms with Crippen LogP contribution in [0.4, 0.5) is 0 Å². The molecule has 0 aliphatic heterocycles. The van der Waals surface area contributed by atoms with Crippen molar-refractivity contribution in [3.05, 3.63) is 41.4 Å². The van der Waals surface area contributed by atoms with Crippen molar-refractivity contribution in [1.82, 2.24) is 14.8 Å². The van der Waals surface area contributed by atoms with Gasteiger partial charge < -0.3 is 14.1 Å². The Morgan fingerprint density at radius 3 is 2.96 bits per heavy atom. The number of nitrogens with zero attached hydrogens (tertiary/aromatic N) is 3. The van der Waals surface area contributed by atoms with Gasteiger partial charge >= 0.3 is 5.97 Å². The Kier molecular flexibility index (Phi) is 4.02. The molecule has 0 spiro atoms. The van der Waals surface area contributed by atoms with E-state index in [1.165, 1.54) is 35.0 Å². The lowest BCUT2D eigenvalue weighted by Crippen LogP contribution is -2.09. The van der Waals surface area contributed by atoms with Crippen LogP contribution in [-0.2, 0) is 24.2 Å². The van der Waals surface area contributed by atoms with Gasteiger partial charge in [0.2, 0.25) is 5.89 Å². The molecule has 124 valence electrons. The van der Waals surface area contributed by atoms with Crippen molar-refractivity contribution in [2.45, 2.75) is 37.5 Å². The molecule has 24 heavy (non-hydrogen) atoms. The summed E-state index contributed by atoms with van der Waals surface area (Å²) in [5.74, 6) is -0.467. The number of thioether (sulfide) groups is 1. The number of aryl methyl sites for hydroxylation is 1. The van der Waals surface area contributed by atoms with E-state index in [0.29, 0.717) is 17.7 Å². The summed E-state index contributed by atoms with van der Waals surface area (Å²) >= 11 is 1.05. The van der Waals surface area contributed by atoms with Crippen molar-refractivity contribution < 1.29 is 14.3 Å². The van der Waals surface area contributed by atoms with E-state index in [2.05, 4.69) is 33.0 Å². The van der Waals surface area contributed by atoms with E-state index in [4.69, 9.17) is 9.52 Å². The number of para-hydroxylation sites is 1.